The Morgan fingerprint density at radius 1 is 1.25 bits per heavy atom. The number of rotatable bonds is 9. The van der Waals surface area contributed by atoms with Crippen molar-refractivity contribution in [1.82, 2.24) is 10.6 Å². The van der Waals surface area contributed by atoms with Gasteiger partial charge in [0, 0.05) is 20.3 Å². The summed E-state index contributed by atoms with van der Waals surface area (Å²) in [5.41, 5.74) is 0. The van der Waals surface area contributed by atoms with E-state index in [9.17, 15) is 4.79 Å². The van der Waals surface area contributed by atoms with Crippen LogP contribution < -0.4 is 10.6 Å². The molecule has 0 fully saturated rings. The lowest BCUT2D eigenvalue weighted by Crippen LogP contribution is -2.43. The maximum Gasteiger partial charge on any atom is 0.236 e. The van der Waals surface area contributed by atoms with Crippen LogP contribution in [0.25, 0.3) is 0 Å². The maximum absolute atomic E-state index is 11.6. The van der Waals surface area contributed by atoms with E-state index in [-0.39, 0.29) is 11.9 Å². The van der Waals surface area contributed by atoms with Crippen LogP contribution in [0.2, 0.25) is 0 Å². The standard InChI is InChI=1S/C12H26N2O2/c1-10(2)6-8-13-11(3)12(15)14-7-5-9-16-4/h10-11,13H,5-9H2,1-4H3,(H,14,15). The largest absolute Gasteiger partial charge is 0.385 e. The van der Waals surface area contributed by atoms with Gasteiger partial charge in [0.25, 0.3) is 0 Å². The van der Waals surface area contributed by atoms with Crippen LogP contribution >= 0.6 is 0 Å². The summed E-state index contributed by atoms with van der Waals surface area (Å²) < 4.78 is 4.91. The predicted octanol–water partition coefficient (Wildman–Crippen LogP) is 1.16. The molecule has 1 amide bonds. The number of hydrogen-bond acceptors (Lipinski definition) is 3. The molecule has 0 aromatic carbocycles. The zero-order valence-electron chi connectivity index (χ0n) is 11.0. The van der Waals surface area contributed by atoms with Gasteiger partial charge in [0.05, 0.1) is 6.04 Å². The van der Waals surface area contributed by atoms with E-state index >= 15 is 0 Å². The lowest BCUT2D eigenvalue weighted by atomic mass is 10.1. The van der Waals surface area contributed by atoms with Gasteiger partial charge in [-0.15, -0.1) is 0 Å². The van der Waals surface area contributed by atoms with E-state index < -0.39 is 0 Å². The molecule has 96 valence electrons. The highest BCUT2D eigenvalue weighted by atomic mass is 16.5. The molecule has 2 N–H and O–H groups in total. The highest BCUT2D eigenvalue weighted by Crippen LogP contribution is 1.97. The molecule has 0 rings (SSSR count). The van der Waals surface area contributed by atoms with Gasteiger partial charge in [-0.25, -0.2) is 0 Å². The second-order valence-corrected chi connectivity index (χ2v) is 4.50. The molecule has 0 saturated carbocycles. The van der Waals surface area contributed by atoms with Crippen molar-refractivity contribution >= 4 is 5.91 Å². The molecule has 1 atom stereocenters. The first-order valence-electron chi connectivity index (χ1n) is 6.08. The van der Waals surface area contributed by atoms with Crippen LogP contribution in [0.4, 0.5) is 0 Å². The summed E-state index contributed by atoms with van der Waals surface area (Å²) in [6.45, 7) is 8.52. The molecule has 0 aliphatic heterocycles. The molecule has 0 aromatic rings. The van der Waals surface area contributed by atoms with Gasteiger partial charge in [-0.1, -0.05) is 13.8 Å². The molecule has 0 bridgehead atoms. The Kier molecular flexibility index (Phi) is 9.24. The first kappa shape index (κ1) is 15.4. The van der Waals surface area contributed by atoms with Gasteiger partial charge in [0.15, 0.2) is 0 Å². The van der Waals surface area contributed by atoms with Crippen LogP contribution in [0.1, 0.15) is 33.6 Å². The van der Waals surface area contributed by atoms with Crippen LogP contribution in [0.3, 0.4) is 0 Å². The van der Waals surface area contributed by atoms with E-state index in [2.05, 4.69) is 24.5 Å². The van der Waals surface area contributed by atoms with Crippen molar-refractivity contribution in [2.75, 3.05) is 26.8 Å². The molecule has 0 aromatic heterocycles. The van der Waals surface area contributed by atoms with E-state index in [0.717, 1.165) is 19.4 Å². The van der Waals surface area contributed by atoms with Gasteiger partial charge in [-0.3, -0.25) is 4.79 Å². The van der Waals surface area contributed by atoms with Gasteiger partial charge in [-0.05, 0) is 32.2 Å². The van der Waals surface area contributed by atoms with Gasteiger partial charge < -0.3 is 15.4 Å². The quantitative estimate of drug-likeness (QED) is 0.584. The van der Waals surface area contributed by atoms with E-state index in [1.54, 1.807) is 7.11 Å². The number of carbonyl (C=O) groups is 1. The fourth-order valence-electron chi connectivity index (χ4n) is 1.26. The van der Waals surface area contributed by atoms with Crippen molar-refractivity contribution in [2.45, 2.75) is 39.7 Å². The highest BCUT2D eigenvalue weighted by Gasteiger charge is 2.10. The summed E-state index contributed by atoms with van der Waals surface area (Å²) in [6, 6.07) is -0.110. The number of methoxy groups -OCH3 is 1. The first-order chi connectivity index (χ1) is 7.57. The van der Waals surface area contributed by atoms with Gasteiger partial charge >= 0.3 is 0 Å². The van der Waals surface area contributed by atoms with E-state index in [1.165, 1.54) is 0 Å². The molecule has 0 saturated heterocycles. The fourth-order valence-corrected chi connectivity index (χ4v) is 1.26. The average molecular weight is 230 g/mol. The van der Waals surface area contributed by atoms with E-state index in [4.69, 9.17) is 4.74 Å². The van der Waals surface area contributed by atoms with Crippen LogP contribution in [0.15, 0.2) is 0 Å². The molecule has 0 radical (unpaired) electrons. The molecule has 0 aliphatic rings. The number of hydrogen-bond donors (Lipinski definition) is 2. The third-order valence-electron chi connectivity index (χ3n) is 2.39. The molecule has 0 heterocycles. The molecule has 4 heteroatoms. The smallest absolute Gasteiger partial charge is 0.236 e. The van der Waals surface area contributed by atoms with Gasteiger partial charge in [-0.2, -0.15) is 0 Å². The highest BCUT2D eigenvalue weighted by molar-refractivity contribution is 5.81. The lowest BCUT2D eigenvalue weighted by molar-refractivity contribution is -0.122. The Balaban J connectivity index is 3.49. The van der Waals surface area contributed by atoms with Crippen molar-refractivity contribution < 1.29 is 9.53 Å². The normalized spacial score (nSPS) is 12.8. The summed E-state index contributed by atoms with van der Waals surface area (Å²) in [4.78, 5) is 11.6. The van der Waals surface area contributed by atoms with Crippen molar-refractivity contribution in [3.8, 4) is 0 Å². The molecule has 1 unspecified atom stereocenters. The summed E-state index contributed by atoms with van der Waals surface area (Å²) in [5, 5.41) is 6.09. The van der Waals surface area contributed by atoms with Crippen molar-refractivity contribution in [2.24, 2.45) is 5.92 Å². The van der Waals surface area contributed by atoms with E-state index in [1.807, 2.05) is 6.92 Å². The minimum absolute atomic E-state index is 0.0693. The van der Waals surface area contributed by atoms with Crippen LogP contribution in [-0.2, 0) is 9.53 Å². The minimum Gasteiger partial charge on any atom is -0.385 e. The van der Waals surface area contributed by atoms with Crippen LogP contribution in [0, 0.1) is 5.92 Å². The second-order valence-electron chi connectivity index (χ2n) is 4.50. The van der Waals surface area contributed by atoms with Crippen LogP contribution in [0.5, 0.6) is 0 Å². The van der Waals surface area contributed by atoms with Crippen molar-refractivity contribution in [1.29, 1.82) is 0 Å². The first-order valence-corrected chi connectivity index (χ1v) is 6.08. The van der Waals surface area contributed by atoms with Crippen molar-refractivity contribution in [3.05, 3.63) is 0 Å². The SMILES string of the molecule is COCCCNC(=O)C(C)NCCC(C)C. The summed E-state index contributed by atoms with van der Waals surface area (Å²) in [5.74, 6) is 0.740. The Bertz CT molecular complexity index is 184. The Morgan fingerprint density at radius 3 is 2.50 bits per heavy atom. The monoisotopic (exact) mass is 230 g/mol. The number of carbonyl (C=O) groups excluding carboxylic acids is 1. The molecule has 0 spiro atoms. The number of nitrogens with one attached hydrogen (secondary N) is 2. The topological polar surface area (TPSA) is 50.4 Å². The summed E-state index contributed by atoms with van der Waals surface area (Å²) >= 11 is 0. The molecule has 4 nitrogen and oxygen atoms in total. The number of ether oxygens (including phenoxy) is 1. The Hall–Kier alpha value is -0.610. The maximum atomic E-state index is 11.6. The summed E-state index contributed by atoms with van der Waals surface area (Å²) in [6.07, 6.45) is 1.96. The molecule has 16 heavy (non-hydrogen) atoms. The second kappa shape index (κ2) is 9.60. The third kappa shape index (κ3) is 8.68. The molecular formula is C12H26N2O2. The predicted molar refractivity (Wildman–Crippen MR) is 66.4 cm³/mol. The van der Waals surface area contributed by atoms with Crippen LogP contribution in [-0.4, -0.2) is 38.8 Å². The molecular weight excluding hydrogens is 204 g/mol. The number of amides is 1. The minimum atomic E-state index is -0.110. The third-order valence-corrected chi connectivity index (χ3v) is 2.39. The lowest BCUT2D eigenvalue weighted by Gasteiger charge is -2.14. The Labute approximate surface area is 99.1 Å². The summed E-state index contributed by atoms with van der Waals surface area (Å²) in [7, 11) is 1.66. The van der Waals surface area contributed by atoms with Gasteiger partial charge in [0.2, 0.25) is 5.91 Å². The van der Waals surface area contributed by atoms with E-state index in [0.29, 0.717) is 19.1 Å². The average Bonchev–Trinajstić information content (AvgIpc) is 2.23. The van der Waals surface area contributed by atoms with Gasteiger partial charge in [0.1, 0.15) is 0 Å². The Morgan fingerprint density at radius 2 is 1.94 bits per heavy atom. The zero-order valence-corrected chi connectivity index (χ0v) is 11.0. The zero-order chi connectivity index (χ0) is 12.4. The molecule has 0 aliphatic carbocycles. The fraction of sp³-hybridized carbons (Fsp3) is 0.917. The van der Waals surface area contributed by atoms with Crippen molar-refractivity contribution in [3.63, 3.8) is 0 Å².